The van der Waals surface area contributed by atoms with E-state index in [1.807, 2.05) is 61.5 Å². The summed E-state index contributed by atoms with van der Waals surface area (Å²) in [6.45, 7) is 1.95. The highest BCUT2D eigenvalue weighted by Gasteiger charge is 2.20. The minimum absolute atomic E-state index is 0.203. The maximum absolute atomic E-state index is 13.6. The number of nitriles is 1. The normalized spacial score (nSPS) is 11.9. The van der Waals surface area contributed by atoms with Crippen molar-refractivity contribution >= 4 is 39.1 Å². The molecular weight excluding hydrogens is 434 g/mol. The lowest BCUT2D eigenvalue weighted by Crippen LogP contribution is -2.26. The highest BCUT2D eigenvalue weighted by molar-refractivity contribution is 6.35. The lowest BCUT2D eigenvalue weighted by Gasteiger charge is -2.23. The van der Waals surface area contributed by atoms with E-state index < -0.39 is 0 Å². The van der Waals surface area contributed by atoms with Crippen molar-refractivity contribution in [2.24, 2.45) is 0 Å². The Morgan fingerprint density at radius 2 is 1.88 bits per heavy atom. The topological polar surface area (TPSA) is 83.6 Å². The van der Waals surface area contributed by atoms with Gasteiger partial charge in [-0.1, -0.05) is 41.9 Å². The largest absolute Gasteiger partial charge is 0.374 e. The van der Waals surface area contributed by atoms with Crippen molar-refractivity contribution in [3.05, 3.63) is 106 Å². The van der Waals surface area contributed by atoms with Gasteiger partial charge >= 0.3 is 0 Å². The summed E-state index contributed by atoms with van der Waals surface area (Å²) in [6, 6.07) is 22.3. The Hall–Kier alpha value is -4.21. The first-order valence-electron chi connectivity index (χ1n) is 10.4. The number of benzene rings is 2. The first-order valence-corrected chi connectivity index (χ1v) is 10.8. The van der Waals surface area contributed by atoms with E-state index in [2.05, 4.69) is 21.4 Å². The van der Waals surface area contributed by atoms with Crippen LogP contribution in [0, 0.1) is 11.3 Å². The third kappa shape index (κ3) is 3.59. The lowest BCUT2D eigenvalue weighted by atomic mass is 10.1. The van der Waals surface area contributed by atoms with E-state index >= 15 is 0 Å². The van der Waals surface area contributed by atoms with E-state index in [0.29, 0.717) is 32.7 Å². The number of rotatable bonds is 4. The molecular formula is C26H18ClN5O. The van der Waals surface area contributed by atoms with Gasteiger partial charge < -0.3 is 5.32 Å². The molecule has 7 heteroatoms. The molecule has 0 spiro atoms. The third-order valence-corrected chi connectivity index (χ3v) is 5.90. The lowest BCUT2D eigenvalue weighted by molar-refractivity contribution is 0.778. The summed E-state index contributed by atoms with van der Waals surface area (Å²) >= 11 is 6.41. The van der Waals surface area contributed by atoms with Gasteiger partial charge in [0.15, 0.2) is 0 Å². The number of anilines is 1. The van der Waals surface area contributed by atoms with Crippen molar-refractivity contribution in [2.75, 3.05) is 5.32 Å². The number of pyridine rings is 3. The molecule has 3 heterocycles. The Balaban J connectivity index is 1.74. The first-order chi connectivity index (χ1) is 16.1. The van der Waals surface area contributed by atoms with Crippen LogP contribution in [0.4, 0.5) is 5.69 Å². The second kappa shape index (κ2) is 8.38. The van der Waals surface area contributed by atoms with E-state index in [1.165, 1.54) is 6.20 Å². The van der Waals surface area contributed by atoms with Gasteiger partial charge in [0.1, 0.15) is 11.6 Å². The molecule has 0 radical (unpaired) electrons. The summed E-state index contributed by atoms with van der Waals surface area (Å²) in [7, 11) is 0. The zero-order valence-corrected chi connectivity index (χ0v) is 18.4. The fourth-order valence-corrected chi connectivity index (χ4v) is 4.31. The second-order valence-electron chi connectivity index (χ2n) is 7.65. The van der Waals surface area contributed by atoms with E-state index in [-0.39, 0.29) is 11.6 Å². The van der Waals surface area contributed by atoms with Crippen LogP contribution in [0.2, 0.25) is 5.02 Å². The molecule has 6 nitrogen and oxygen atoms in total. The van der Waals surface area contributed by atoms with E-state index in [4.69, 9.17) is 11.6 Å². The Morgan fingerprint density at radius 3 is 2.67 bits per heavy atom. The van der Waals surface area contributed by atoms with Gasteiger partial charge in [-0.15, -0.1) is 0 Å². The highest BCUT2D eigenvalue weighted by atomic mass is 35.5. The summed E-state index contributed by atoms with van der Waals surface area (Å²) in [4.78, 5) is 22.4. The average Bonchev–Trinajstić information content (AvgIpc) is 2.84. The monoisotopic (exact) mass is 451 g/mol. The number of aromatic nitrogens is 3. The predicted molar refractivity (Wildman–Crippen MR) is 131 cm³/mol. The molecule has 1 N–H and O–H groups in total. The van der Waals surface area contributed by atoms with Crippen molar-refractivity contribution in [3.8, 4) is 11.8 Å². The Bertz CT molecular complexity index is 1610. The molecule has 0 saturated carbocycles. The number of halogens is 1. The summed E-state index contributed by atoms with van der Waals surface area (Å²) in [5.74, 6) is 0. The van der Waals surface area contributed by atoms with Gasteiger partial charge in [0.2, 0.25) is 0 Å². The molecule has 3 aromatic heterocycles. The van der Waals surface area contributed by atoms with E-state index in [0.717, 1.165) is 16.8 Å². The van der Waals surface area contributed by atoms with E-state index in [1.54, 1.807) is 22.9 Å². The van der Waals surface area contributed by atoms with Crippen molar-refractivity contribution in [3.63, 3.8) is 0 Å². The van der Waals surface area contributed by atoms with Crippen LogP contribution in [0.25, 0.3) is 27.5 Å². The quantitative estimate of drug-likeness (QED) is 0.382. The highest BCUT2D eigenvalue weighted by Crippen LogP contribution is 2.30. The number of nitrogens with one attached hydrogen (secondary N) is 1. The molecule has 0 aliphatic carbocycles. The number of nitrogens with zero attached hydrogens (tertiary/aromatic N) is 4. The van der Waals surface area contributed by atoms with Crippen molar-refractivity contribution < 1.29 is 0 Å². The molecule has 160 valence electrons. The van der Waals surface area contributed by atoms with Gasteiger partial charge in [0.05, 0.1) is 33.2 Å². The van der Waals surface area contributed by atoms with Crippen molar-refractivity contribution in [1.29, 1.82) is 5.26 Å². The molecule has 1 atom stereocenters. The fraction of sp³-hybridized carbons (Fsp3) is 0.0769. The Kier molecular flexibility index (Phi) is 5.25. The van der Waals surface area contributed by atoms with Gasteiger partial charge in [-0.2, -0.15) is 5.26 Å². The van der Waals surface area contributed by atoms with Crippen LogP contribution >= 0.6 is 11.6 Å². The standard InChI is InChI=1S/C26H18ClN5O/c1-16(31-24-18(14-28)15-30-21-11-6-12-29-25(21)24)22-13-17-7-5-10-20(27)23(17)26(33)32(22)19-8-3-2-4-9-19/h2-13,15-16H,1H3,(H,30,31)/t16-/m1/s1. The molecule has 0 aliphatic rings. The van der Waals surface area contributed by atoms with Crippen molar-refractivity contribution in [2.45, 2.75) is 13.0 Å². The summed E-state index contributed by atoms with van der Waals surface area (Å²) in [5, 5.41) is 14.7. The number of hydrogen-bond donors (Lipinski definition) is 1. The number of para-hydroxylation sites is 1. The molecule has 0 saturated heterocycles. The maximum Gasteiger partial charge on any atom is 0.264 e. The predicted octanol–water partition coefficient (Wildman–Crippen LogP) is 5.63. The molecule has 5 aromatic rings. The van der Waals surface area contributed by atoms with Crippen LogP contribution in [-0.2, 0) is 0 Å². The van der Waals surface area contributed by atoms with Crippen LogP contribution < -0.4 is 10.9 Å². The summed E-state index contributed by atoms with van der Waals surface area (Å²) in [5.41, 5.74) is 3.49. The average molecular weight is 452 g/mol. The number of fused-ring (bicyclic) bond motifs is 2. The molecule has 0 unspecified atom stereocenters. The Morgan fingerprint density at radius 1 is 1.06 bits per heavy atom. The van der Waals surface area contributed by atoms with Crippen LogP contribution in [0.5, 0.6) is 0 Å². The first kappa shape index (κ1) is 20.7. The van der Waals surface area contributed by atoms with Gasteiger partial charge in [-0.05, 0) is 48.7 Å². The maximum atomic E-state index is 13.6. The second-order valence-corrected chi connectivity index (χ2v) is 8.05. The van der Waals surface area contributed by atoms with E-state index in [9.17, 15) is 10.1 Å². The molecule has 0 bridgehead atoms. The zero-order chi connectivity index (χ0) is 22.9. The van der Waals surface area contributed by atoms with Crippen LogP contribution in [0.3, 0.4) is 0 Å². The van der Waals surface area contributed by atoms with Crippen LogP contribution in [0.15, 0.2) is 83.9 Å². The number of hydrogen-bond acceptors (Lipinski definition) is 5. The van der Waals surface area contributed by atoms with Gasteiger partial charge in [-0.25, -0.2) is 0 Å². The smallest absolute Gasteiger partial charge is 0.264 e. The van der Waals surface area contributed by atoms with Gasteiger partial charge in [0, 0.05) is 23.8 Å². The van der Waals surface area contributed by atoms with Gasteiger partial charge in [0.25, 0.3) is 5.56 Å². The minimum Gasteiger partial charge on any atom is -0.374 e. The zero-order valence-electron chi connectivity index (χ0n) is 17.7. The molecule has 5 rings (SSSR count). The molecule has 0 aliphatic heterocycles. The summed E-state index contributed by atoms with van der Waals surface area (Å²) in [6.07, 6.45) is 3.20. The Labute approximate surface area is 194 Å². The van der Waals surface area contributed by atoms with Gasteiger partial charge in [-0.3, -0.25) is 19.3 Å². The summed E-state index contributed by atoms with van der Waals surface area (Å²) < 4.78 is 1.66. The molecule has 0 fully saturated rings. The fourth-order valence-electron chi connectivity index (χ4n) is 4.04. The molecule has 33 heavy (non-hydrogen) atoms. The van der Waals surface area contributed by atoms with Crippen LogP contribution in [-0.4, -0.2) is 14.5 Å². The van der Waals surface area contributed by atoms with Crippen LogP contribution in [0.1, 0.15) is 24.2 Å². The molecule has 0 amide bonds. The molecule has 2 aromatic carbocycles. The van der Waals surface area contributed by atoms with Crippen molar-refractivity contribution in [1.82, 2.24) is 14.5 Å². The SMILES string of the molecule is C[C@@H](Nc1c(C#N)cnc2cccnc12)c1cc2cccc(Cl)c2c(=O)n1-c1ccccc1. The minimum atomic E-state index is -0.346. The third-order valence-electron chi connectivity index (χ3n) is 5.59.